The first-order valence-electron chi connectivity index (χ1n) is 10.0. The topological polar surface area (TPSA) is 123 Å². The van der Waals surface area contributed by atoms with Crippen LogP contribution in [0.5, 0.6) is 5.75 Å². The number of rotatable bonds is 8. The molecule has 0 bridgehead atoms. The Balaban J connectivity index is 1.36. The number of nitrogens with zero attached hydrogens (tertiary/aromatic N) is 2. The van der Waals surface area contributed by atoms with E-state index in [0.29, 0.717) is 11.4 Å². The standard InChI is InChI=1S/C23H19ClN4O5S/c1-15-4-2-3-5-19(15)32-14-17-8-11-20(33-17)23(29)25-16-6-9-18(10-7-16)34(30,31)28-22-13-12-21(24)26-27-22/h2-13H,14H2,1H3,(H,25,29)(H,27,28). The van der Waals surface area contributed by atoms with E-state index < -0.39 is 15.9 Å². The molecule has 0 aliphatic carbocycles. The monoisotopic (exact) mass is 498 g/mol. The fourth-order valence-electron chi connectivity index (χ4n) is 2.92. The summed E-state index contributed by atoms with van der Waals surface area (Å²) in [5.41, 5.74) is 1.39. The third-order valence-corrected chi connectivity index (χ3v) is 6.21. The zero-order valence-electron chi connectivity index (χ0n) is 17.9. The Bertz CT molecular complexity index is 1400. The minimum Gasteiger partial charge on any atom is -0.485 e. The molecule has 0 radical (unpaired) electrons. The van der Waals surface area contributed by atoms with Crippen molar-refractivity contribution < 1.29 is 22.4 Å². The van der Waals surface area contributed by atoms with Crippen molar-refractivity contribution in [3.63, 3.8) is 0 Å². The van der Waals surface area contributed by atoms with Crippen LogP contribution in [0, 0.1) is 6.92 Å². The molecule has 9 nitrogen and oxygen atoms in total. The number of furan rings is 1. The molecule has 2 aromatic heterocycles. The number of hydrogen-bond donors (Lipinski definition) is 2. The van der Waals surface area contributed by atoms with E-state index in [1.165, 1.54) is 36.4 Å². The van der Waals surface area contributed by atoms with Gasteiger partial charge < -0.3 is 14.5 Å². The molecular weight excluding hydrogens is 480 g/mol. The van der Waals surface area contributed by atoms with E-state index in [9.17, 15) is 13.2 Å². The Labute approximate surface area is 200 Å². The van der Waals surface area contributed by atoms with Crippen LogP contribution in [0.4, 0.5) is 11.5 Å². The first-order chi connectivity index (χ1) is 16.3. The van der Waals surface area contributed by atoms with Gasteiger partial charge in [0.1, 0.15) is 18.1 Å². The molecule has 0 spiro atoms. The summed E-state index contributed by atoms with van der Waals surface area (Å²) in [6, 6.07) is 19.2. The van der Waals surface area contributed by atoms with E-state index in [0.717, 1.165) is 11.3 Å². The average Bonchev–Trinajstić information content (AvgIpc) is 3.30. The third kappa shape index (κ3) is 5.72. The molecule has 0 atom stereocenters. The maximum atomic E-state index is 12.5. The van der Waals surface area contributed by atoms with Gasteiger partial charge in [-0.15, -0.1) is 10.2 Å². The Morgan fingerprint density at radius 2 is 1.76 bits per heavy atom. The van der Waals surface area contributed by atoms with Crippen molar-refractivity contribution in [3.05, 3.63) is 95.0 Å². The molecule has 0 saturated carbocycles. The number of aryl methyl sites for hydroxylation is 1. The molecule has 0 fully saturated rings. The zero-order chi connectivity index (χ0) is 24.1. The number of nitrogens with one attached hydrogen (secondary N) is 2. The second kappa shape index (κ2) is 9.94. The molecule has 0 unspecified atom stereocenters. The second-order valence-electron chi connectivity index (χ2n) is 7.15. The zero-order valence-corrected chi connectivity index (χ0v) is 19.4. The van der Waals surface area contributed by atoms with Crippen molar-refractivity contribution in [2.75, 3.05) is 10.0 Å². The van der Waals surface area contributed by atoms with Gasteiger partial charge in [0.2, 0.25) is 0 Å². The van der Waals surface area contributed by atoms with Crippen LogP contribution in [0.3, 0.4) is 0 Å². The van der Waals surface area contributed by atoms with Crippen molar-refractivity contribution in [2.24, 2.45) is 0 Å². The van der Waals surface area contributed by atoms with E-state index in [4.69, 9.17) is 20.8 Å². The van der Waals surface area contributed by atoms with Crippen LogP contribution < -0.4 is 14.8 Å². The summed E-state index contributed by atoms with van der Waals surface area (Å²) in [6.07, 6.45) is 0. The van der Waals surface area contributed by atoms with Gasteiger partial charge in [-0.2, -0.15) is 0 Å². The lowest BCUT2D eigenvalue weighted by molar-refractivity contribution is 0.0992. The van der Waals surface area contributed by atoms with E-state index in [2.05, 4.69) is 20.2 Å². The van der Waals surface area contributed by atoms with Crippen molar-refractivity contribution in [1.82, 2.24) is 10.2 Å². The number of carbonyl (C=O) groups is 1. The number of hydrogen-bond acceptors (Lipinski definition) is 7. The number of halogens is 1. The molecule has 1 amide bonds. The first-order valence-corrected chi connectivity index (χ1v) is 11.9. The fourth-order valence-corrected chi connectivity index (χ4v) is 4.02. The van der Waals surface area contributed by atoms with Gasteiger partial charge in [0.15, 0.2) is 16.7 Å². The van der Waals surface area contributed by atoms with Gasteiger partial charge in [-0.1, -0.05) is 29.8 Å². The number of benzene rings is 2. The predicted octanol–water partition coefficient (Wildman–Crippen LogP) is 4.66. The Kier molecular flexibility index (Phi) is 6.80. The molecule has 0 aliphatic heterocycles. The summed E-state index contributed by atoms with van der Waals surface area (Å²) < 4.78 is 38.6. The SMILES string of the molecule is Cc1ccccc1OCc1ccc(C(=O)Nc2ccc(S(=O)(=O)Nc3ccc(Cl)nn3)cc2)o1. The molecule has 4 rings (SSSR count). The number of amides is 1. The number of para-hydroxylation sites is 1. The van der Waals surface area contributed by atoms with E-state index in [1.54, 1.807) is 12.1 Å². The summed E-state index contributed by atoms with van der Waals surface area (Å²) >= 11 is 5.65. The van der Waals surface area contributed by atoms with Crippen LogP contribution in [-0.4, -0.2) is 24.5 Å². The van der Waals surface area contributed by atoms with Crippen molar-refractivity contribution in [2.45, 2.75) is 18.4 Å². The number of carbonyl (C=O) groups excluding carboxylic acids is 1. The number of aromatic nitrogens is 2. The minimum atomic E-state index is -3.89. The first kappa shape index (κ1) is 23.3. The van der Waals surface area contributed by atoms with Gasteiger partial charge in [-0.05, 0) is 67.1 Å². The maximum Gasteiger partial charge on any atom is 0.291 e. The molecule has 2 heterocycles. The molecule has 34 heavy (non-hydrogen) atoms. The van der Waals surface area contributed by atoms with E-state index in [-0.39, 0.29) is 28.2 Å². The summed E-state index contributed by atoms with van der Waals surface area (Å²) in [7, 11) is -3.89. The van der Waals surface area contributed by atoms with Gasteiger partial charge in [0.05, 0.1) is 4.90 Å². The number of ether oxygens (including phenoxy) is 1. The highest BCUT2D eigenvalue weighted by Crippen LogP contribution is 2.20. The lowest BCUT2D eigenvalue weighted by Gasteiger charge is -2.08. The van der Waals surface area contributed by atoms with Crippen LogP contribution in [0.25, 0.3) is 0 Å². The van der Waals surface area contributed by atoms with Gasteiger partial charge in [0, 0.05) is 5.69 Å². The largest absolute Gasteiger partial charge is 0.485 e. The number of anilines is 2. The summed E-state index contributed by atoms with van der Waals surface area (Å²) in [5, 5.41) is 10.1. The van der Waals surface area contributed by atoms with Crippen molar-refractivity contribution in [3.8, 4) is 5.75 Å². The predicted molar refractivity (Wildman–Crippen MR) is 126 cm³/mol. The summed E-state index contributed by atoms with van der Waals surface area (Å²) in [6.45, 7) is 2.12. The normalized spacial score (nSPS) is 11.1. The third-order valence-electron chi connectivity index (χ3n) is 4.64. The Morgan fingerprint density at radius 3 is 2.47 bits per heavy atom. The molecule has 174 valence electrons. The van der Waals surface area contributed by atoms with Crippen LogP contribution >= 0.6 is 11.6 Å². The lowest BCUT2D eigenvalue weighted by atomic mass is 10.2. The van der Waals surface area contributed by atoms with Crippen molar-refractivity contribution >= 4 is 39.0 Å². The maximum absolute atomic E-state index is 12.5. The smallest absolute Gasteiger partial charge is 0.291 e. The molecule has 0 saturated heterocycles. The Morgan fingerprint density at radius 1 is 1.00 bits per heavy atom. The molecule has 2 aromatic carbocycles. The summed E-state index contributed by atoms with van der Waals surface area (Å²) in [4.78, 5) is 12.5. The van der Waals surface area contributed by atoms with Crippen LogP contribution in [-0.2, 0) is 16.6 Å². The van der Waals surface area contributed by atoms with Crippen LogP contribution in [0.15, 0.2) is 82.1 Å². The number of sulfonamides is 1. The molecule has 0 aliphatic rings. The highest BCUT2D eigenvalue weighted by atomic mass is 35.5. The minimum absolute atomic E-state index is 0.0177. The van der Waals surface area contributed by atoms with Gasteiger partial charge in [-0.3, -0.25) is 9.52 Å². The van der Waals surface area contributed by atoms with E-state index in [1.807, 2.05) is 31.2 Å². The fraction of sp³-hybridized carbons (Fsp3) is 0.0870. The van der Waals surface area contributed by atoms with Crippen LogP contribution in [0.1, 0.15) is 21.9 Å². The van der Waals surface area contributed by atoms with Crippen LogP contribution in [0.2, 0.25) is 5.15 Å². The highest BCUT2D eigenvalue weighted by molar-refractivity contribution is 7.92. The molecular formula is C23H19ClN4O5S. The molecule has 2 N–H and O–H groups in total. The second-order valence-corrected chi connectivity index (χ2v) is 9.22. The van der Waals surface area contributed by atoms with Gasteiger partial charge in [0.25, 0.3) is 15.9 Å². The van der Waals surface area contributed by atoms with Gasteiger partial charge >= 0.3 is 0 Å². The lowest BCUT2D eigenvalue weighted by Crippen LogP contribution is -2.15. The van der Waals surface area contributed by atoms with Gasteiger partial charge in [-0.25, -0.2) is 8.42 Å². The average molecular weight is 499 g/mol. The quantitative estimate of drug-likeness (QED) is 0.362. The summed E-state index contributed by atoms with van der Waals surface area (Å²) in [5.74, 6) is 0.876. The molecule has 11 heteroatoms. The Hall–Kier alpha value is -3.89. The van der Waals surface area contributed by atoms with E-state index >= 15 is 0 Å². The molecule has 4 aromatic rings. The highest BCUT2D eigenvalue weighted by Gasteiger charge is 2.16. The van der Waals surface area contributed by atoms with Crippen molar-refractivity contribution in [1.29, 1.82) is 0 Å².